The van der Waals surface area contributed by atoms with Crippen LogP contribution in [0.15, 0.2) is 170 Å². The topological polar surface area (TPSA) is 231 Å². The molecule has 4 aliphatic heterocycles. The summed E-state index contributed by atoms with van der Waals surface area (Å²) in [5.41, 5.74) is 43.7. The monoisotopic (exact) mass is 1160 g/mol. The van der Waals surface area contributed by atoms with Gasteiger partial charge in [-0.15, -0.1) is 0 Å². The molecule has 0 saturated carbocycles. The third-order valence-electron chi connectivity index (χ3n) is 19.0. The van der Waals surface area contributed by atoms with E-state index >= 15 is 0 Å². The smallest absolute Gasteiger partial charge is 0.191 e. The van der Waals surface area contributed by atoms with Crippen molar-refractivity contribution in [3.05, 3.63) is 190 Å². The second kappa shape index (κ2) is 22.8. The zero-order valence-corrected chi connectivity index (χ0v) is 50.5. The molecule has 8 aliphatic rings. The van der Waals surface area contributed by atoms with Gasteiger partial charge in [0, 0.05) is 95.8 Å². The first-order valence-corrected chi connectivity index (χ1v) is 30.9. The molecule has 4 aliphatic carbocycles. The summed E-state index contributed by atoms with van der Waals surface area (Å²) in [5, 5.41) is 4.38. The molecule has 86 heavy (non-hydrogen) atoms. The Bertz CT molecular complexity index is 3650. The Labute approximate surface area is 507 Å². The molecule has 8 N–H and O–H groups in total. The van der Waals surface area contributed by atoms with Crippen molar-refractivity contribution >= 4 is 35.2 Å². The van der Waals surface area contributed by atoms with Gasteiger partial charge in [0.25, 0.3) is 0 Å². The molecule has 0 bridgehead atoms. The van der Waals surface area contributed by atoms with Crippen LogP contribution < -0.4 is 22.9 Å². The van der Waals surface area contributed by atoms with E-state index in [1.807, 2.05) is 65.1 Å². The molecule has 4 spiro atoms. The summed E-state index contributed by atoms with van der Waals surface area (Å²) in [5.74, 6) is 3.63. The first-order valence-electron chi connectivity index (χ1n) is 29.9. The minimum absolute atomic E-state index is 0.000890. The number of nitrogens with two attached hydrogens (primary N) is 4. The highest BCUT2D eigenvalue weighted by molar-refractivity contribution is 7.08. The Hall–Kier alpha value is -8.90. The van der Waals surface area contributed by atoms with Crippen LogP contribution in [0, 0.1) is 0 Å². The summed E-state index contributed by atoms with van der Waals surface area (Å²) >= 11 is 1.76. The standard InChI is InChI=1S/2C17H19N5.C17H19N3O.C17H19N3S/c2*1-22-10-17(21-16(22)18)6-5-15-12(7-17)3-2-4-14(15)13-8-19-11-20-9-13;1-20-11-17(19-16(20)18)8-7-13-12(10-17)4-2-5-14(13)15-6-3-9-21-15;1-20-11-17(19-16(20)18)7-5-15-12(9-17)3-2-4-14(15)13-6-8-21-10-13/h2*2-4,8-9,11H,5-7,10H2,1H3,(H2,18,21);2-6,9H,7-8,10-11H2,1H3,(H2,18,19);2-4,6,8,10H,5,7,9,11H2,1H3,(H2,18,19)/t4*17-/m1000/s1. The second-order valence-electron chi connectivity index (χ2n) is 24.9. The van der Waals surface area contributed by atoms with Gasteiger partial charge >= 0.3 is 0 Å². The van der Waals surface area contributed by atoms with Gasteiger partial charge in [-0.05, 0) is 173 Å². The van der Waals surface area contributed by atoms with E-state index in [4.69, 9.17) is 47.3 Å². The minimum Gasteiger partial charge on any atom is -0.464 e. The van der Waals surface area contributed by atoms with Gasteiger partial charge in [0.1, 0.15) is 18.4 Å². The van der Waals surface area contributed by atoms with E-state index in [9.17, 15) is 0 Å². The predicted octanol–water partition coefficient (Wildman–Crippen LogP) is 8.60. The first-order chi connectivity index (χ1) is 41.7. The van der Waals surface area contributed by atoms with Crippen LogP contribution >= 0.6 is 11.3 Å². The molecule has 17 nitrogen and oxygen atoms in total. The molecule has 18 heteroatoms. The normalized spacial score (nSPS) is 23.9. The van der Waals surface area contributed by atoms with Crippen molar-refractivity contribution in [2.75, 3.05) is 54.4 Å². The molecular weight excluding hydrogens is 1090 g/mol. The minimum atomic E-state index is -0.0440. The zero-order chi connectivity index (χ0) is 59.2. The molecule has 4 aromatic heterocycles. The van der Waals surface area contributed by atoms with E-state index in [-0.39, 0.29) is 22.2 Å². The van der Waals surface area contributed by atoms with Gasteiger partial charge in [-0.3, -0.25) is 0 Å². The fourth-order valence-corrected chi connectivity index (χ4v) is 15.5. The van der Waals surface area contributed by atoms with Crippen LogP contribution in [0.3, 0.4) is 0 Å². The number of hydrogen-bond acceptors (Lipinski definition) is 18. The molecule has 0 unspecified atom stereocenters. The molecule has 4 atom stereocenters. The summed E-state index contributed by atoms with van der Waals surface area (Å²) in [6.45, 7) is 3.69. The highest BCUT2D eigenvalue weighted by Crippen LogP contribution is 2.43. The van der Waals surface area contributed by atoms with Gasteiger partial charge in [0.05, 0.1) is 28.4 Å². The van der Waals surface area contributed by atoms with E-state index in [1.165, 1.54) is 72.3 Å². The predicted molar refractivity (Wildman–Crippen MR) is 345 cm³/mol. The number of furan rings is 1. The quantitative estimate of drug-likeness (QED) is 0.130. The molecule has 0 amide bonds. The molecule has 440 valence electrons. The number of aromatic nitrogens is 4. The van der Waals surface area contributed by atoms with Crippen molar-refractivity contribution in [2.24, 2.45) is 42.9 Å². The first kappa shape index (κ1) is 56.2. The molecule has 8 aromatic rings. The zero-order valence-electron chi connectivity index (χ0n) is 49.7. The summed E-state index contributed by atoms with van der Waals surface area (Å²) in [6, 6.07) is 32.3. The van der Waals surface area contributed by atoms with Crippen LogP contribution in [0.1, 0.15) is 70.2 Å². The molecule has 16 rings (SSSR count). The number of hydrogen-bond donors (Lipinski definition) is 4. The van der Waals surface area contributed by atoms with Gasteiger partial charge < -0.3 is 47.0 Å². The molecule has 0 saturated heterocycles. The lowest BCUT2D eigenvalue weighted by atomic mass is 9.76. The van der Waals surface area contributed by atoms with Crippen molar-refractivity contribution in [1.29, 1.82) is 0 Å². The summed E-state index contributed by atoms with van der Waals surface area (Å²) in [6.07, 6.45) is 24.6. The van der Waals surface area contributed by atoms with Gasteiger partial charge in [-0.1, -0.05) is 72.8 Å². The average Bonchev–Trinajstić information content (AvgIpc) is 1.84. The maximum absolute atomic E-state index is 5.99. The van der Waals surface area contributed by atoms with Crippen LogP contribution in [-0.2, 0) is 51.4 Å². The van der Waals surface area contributed by atoms with Gasteiger partial charge in [0.15, 0.2) is 23.8 Å². The van der Waals surface area contributed by atoms with Gasteiger partial charge in [-0.25, -0.2) is 39.9 Å². The Morgan fingerprint density at radius 1 is 0.407 bits per heavy atom. The number of benzene rings is 4. The van der Waals surface area contributed by atoms with Crippen molar-refractivity contribution < 1.29 is 4.42 Å². The van der Waals surface area contributed by atoms with E-state index in [1.54, 1.807) is 30.3 Å². The van der Waals surface area contributed by atoms with Crippen LogP contribution in [0.4, 0.5) is 0 Å². The second-order valence-corrected chi connectivity index (χ2v) is 25.7. The number of thiophene rings is 1. The lowest BCUT2D eigenvalue weighted by Gasteiger charge is -2.33. The van der Waals surface area contributed by atoms with Crippen LogP contribution in [-0.4, -0.2) is 140 Å². The fourth-order valence-electron chi connectivity index (χ4n) is 14.8. The largest absolute Gasteiger partial charge is 0.464 e. The number of aliphatic imine (C=N–C) groups is 4. The molecule has 4 aromatic carbocycles. The Kier molecular flexibility index (Phi) is 14.9. The lowest BCUT2D eigenvalue weighted by Crippen LogP contribution is -2.39. The van der Waals surface area contributed by atoms with E-state index in [2.05, 4.69) is 129 Å². The third-order valence-corrected chi connectivity index (χ3v) is 19.7. The van der Waals surface area contributed by atoms with Crippen LogP contribution in [0.5, 0.6) is 0 Å². The Morgan fingerprint density at radius 3 is 1.05 bits per heavy atom. The van der Waals surface area contributed by atoms with Crippen LogP contribution in [0.2, 0.25) is 0 Å². The van der Waals surface area contributed by atoms with E-state index < -0.39 is 0 Å². The maximum Gasteiger partial charge on any atom is 0.191 e. The number of likely N-dealkylation sites (N-methyl/N-ethyl adjacent to an activating group) is 4. The molecule has 0 fully saturated rings. The SMILES string of the molecule is CN1C[C@@]2(CCc3c(cccc3-c3ccco3)C2)N=C1N.CN1C[C@@]2(CCc3c(cccc3-c3ccsc3)C2)N=C1N.CN1C[C@@]2(CCc3c(cccc3-c3cncnc3)C2)N=C1N.CN1C[C@]2(CCc3c(cccc3-c3cncnc3)C2)N=C1N. The summed E-state index contributed by atoms with van der Waals surface area (Å²) in [7, 11) is 8.08. The summed E-state index contributed by atoms with van der Waals surface area (Å²) in [4.78, 5) is 43.9. The molecule has 8 heterocycles. The third kappa shape index (κ3) is 11.1. The molecular formula is C68H76N16OS. The Morgan fingerprint density at radius 2 is 0.744 bits per heavy atom. The van der Waals surface area contributed by atoms with Crippen molar-refractivity contribution in [2.45, 2.75) is 99.2 Å². The number of nitrogens with zero attached hydrogens (tertiary/aromatic N) is 12. The van der Waals surface area contributed by atoms with E-state index in [0.717, 1.165) is 120 Å². The highest BCUT2D eigenvalue weighted by atomic mass is 32.1. The summed E-state index contributed by atoms with van der Waals surface area (Å²) < 4.78 is 5.58. The maximum atomic E-state index is 5.99. The Balaban J connectivity index is 0.000000106. The van der Waals surface area contributed by atoms with Gasteiger partial charge in [0.2, 0.25) is 0 Å². The molecule has 0 radical (unpaired) electrons. The fraction of sp³-hybridized carbons (Fsp3) is 0.353. The lowest BCUT2D eigenvalue weighted by molar-refractivity contribution is 0.335. The van der Waals surface area contributed by atoms with E-state index in [0.29, 0.717) is 23.8 Å². The number of guanidine groups is 4. The van der Waals surface area contributed by atoms with Gasteiger partial charge in [-0.2, -0.15) is 11.3 Å². The number of rotatable bonds is 4. The van der Waals surface area contributed by atoms with Crippen molar-refractivity contribution in [3.8, 4) is 44.7 Å². The number of fused-ring (bicyclic) bond motifs is 4. The van der Waals surface area contributed by atoms with Crippen molar-refractivity contribution in [1.82, 2.24) is 39.5 Å². The van der Waals surface area contributed by atoms with Crippen molar-refractivity contribution in [3.63, 3.8) is 0 Å². The highest BCUT2D eigenvalue weighted by Gasteiger charge is 2.44. The van der Waals surface area contributed by atoms with Crippen LogP contribution in [0.25, 0.3) is 44.7 Å². The average molecular weight is 1170 g/mol.